The van der Waals surface area contributed by atoms with Crippen molar-refractivity contribution in [1.82, 2.24) is 0 Å². The van der Waals surface area contributed by atoms with Gasteiger partial charge < -0.3 is 0 Å². The lowest BCUT2D eigenvalue weighted by Crippen LogP contribution is -1.86. The molecule has 2 aromatic carbocycles. The summed E-state index contributed by atoms with van der Waals surface area (Å²) in [6, 6.07) is 16.9. The Morgan fingerprint density at radius 1 is 0.577 bits per heavy atom. The second-order valence-electron chi connectivity index (χ2n) is 6.74. The van der Waals surface area contributed by atoms with Gasteiger partial charge in [-0.05, 0) is 61.2 Å². The van der Waals surface area contributed by atoms with E-state index in [9.17, 15) is 0 Å². The molecule has 0 unspecified atom stereocenters. The van der Waals surface area contributed by atoms with Crippen LogP contribution in [0.25, 0.3) is 0 Å². The molecule has 0 spiro atoms. The molecule has 0 heterocycles. The summed E-state index contributed by atoms with van der Waals surface area (Å²) >= 11 is 0. The van der Waals surface area contributed by atoms with Crippen LogP contribution in [0.15, 0.2) is 48.5 Å². The van der Waals surface area contributed by atoms with Gasteiger partial charge in [-0.3, -0.25) is 0 Å². The van der Waals surface area contributed by atoms with Crippen molar-refractivity contribution >= 4 is 0 Å². The average molecular weight is 343 g/mol. The lowest BCUT2D eigenvalue weighted by molar-refractivity contribution is 0.632. The monoisotopic (exact) mass is 342 g/mol. The van der Waals surface area contributed by atoms with Gasteiger partial charge in [-0.2, -0.15) is 0 Å². The highest BCUT2D eigenvalue weighted by Gasteiger charge is 1.95. The summed E-state index contributed by atoms with van der Waals surface area (Å²) in [6.45, 7) is 4.41. The summed E-state index contributed by atoms with van der Waals surface area (Å²) in [5.41, 5.74) is 4.59. The van der Waals surface area contributed by atoms with Gasteiger partial charge >= 0.3 is 0 Å². The van der Waals surface area contributed by atoms with E-state index in [1.165, 1.54) is 44.1 Å². The Balaban J connectivity index is 1.86. The molecule has 26 heavy (non-hydrogen) atoms. The highest BCUT2D eigenvalue weighted by Crippen LogP contribution is 2.10. The first kappa shape index (κ1) is 19.9. The Morgan fingerprint density at radius 3 is 1.69 bits per heavy atom. The smallest absolute Gasteiger partial charge is 0.0249 e. The average Bonchev–Trinajstić information content (AvgIpc) is 2.68. The van der Waals surface area contributed by atoms with Gasteiger partial charge in [0.15, 0.2) is 0 Å². The van der Waals surface area contributed by atoms with E-state index in [1.54, 1.807) is 0 Å². The molecular weight excluding hydrogens is 312 g/mol. The highest BCUT2D eigenvalue weighted by molar-refractivity contribution is 5.46. The van der Waals surface area contributed by atoms with Gasteiger partial charge in [-0.1, -0.05) is 75.3 Å². The van der Waals surface area contributed by atoms with E-state index in [4.69, 9.17) is 0 Å². The van der Waals surface area contributed by atoms with Crippen molar-refractivity contribution in [2.75, 3.05) is 0 Å². The van der Waals surface area contributed by atoms with Crippen LogP contribution in [0.2, 0.25) is 0 Å². The molecule has 0 saturated carbocycles. The second kappa shape index (κ2) is 12.0. The maximum atomic E-state index is 3.26. The fraction of sp³-hybridized carbons (Fsp3) is 0.385. The number of benzene rings is 2. The van der Waals surface area contributed by atoms with Crippen molar-refractivity contribution in [3.8, 4) is 23.7 Å². The standard InChI is InChI=1S/C26H30/c1-3-5-7-8-10-12-24-15-19-26(20-16-24)22-21-25-17-13-23(14-18-25)11-9-6-4-2/h13-20H,3-8,10,12H2,1-2H3. The predicted molar refractivity (Wildman–Crippen MR) is 113 cm³/mol. The molecule has 134 valence electrons. The molecule has 0 N–H and O–H groups in total. The number of unbranched alkanes of at least 4 members (excludes halogenated alkanes) is 5. The van der Waals surface area contributed by atoms with Gasteiger partial charge in [0.05, 0.1) is 0 Å². The molecule has 0 fully saturated rings. The zero-order valence-electron chi connectivity index (χ0n) is 16.3. The van der Waals surface area contributed by atoms with E-state index in [2.05, 4.69) is 61.8 Å². The third-order valence-electron chi connectivity index (χ3n) is 4.37. The molecule has 0 atom stereocenters. The van der Waals surface area contributed by atoms with Crippen LogP contribution in [0, 0.1) is 23.7 Å². The van der Waals surface area contributed by atoms with Crippen LogP contribution in [-0.4, -0.2) is 0 Å². The van der Waals surface area contributed by atoms with E-state index in [0.717, 1.165) is 29.5 Å². The van der Waals surface area contributed by atoms with Crippen LogP contribution in [0.3, 0.4) is 0 Å². The van der Waals surface area contributed by atoms with Gasteiger partial charge in [0.25, 0.3) is 0 Å². The first-order valence-electron chi connectivity index (χ1n) is 10.0. The first-order chi connectivity index (χ1) is 12.8. The normalized spacial score (nSPS) is 9.77. The van der Waals surface area contributed by atoms with Gasteiger partial charge in [-0.15, -0.1) is 0 Å². The third-order valence-corrected chi connectivity index (χ3v) is 4.37. The molecule has 0 aliphatic rings. The molecule has 0 aliphatic carbocycles. The Bertz CT molecular complexity index is 755. The van der Waals surface area contributed by atoms with Gasteiger partial charge in [0.1, 0.15) is 0 Å². The lowest BCUT2D eigenvalue weighted by atomic mass is 10.0. The molecule has 0 bridgehead atoms. The van der Waals surface area contributed by atoms with Crippen LogP contribution in [0.4, 0.5) is 0 Å². The Morgan fingerprint density at radius 2 is 1.12 bits per heavy atom. The fourth-order valence-electron chi connectivity index (χ4n) is 2.76. The zero-order chi connectivity index (χ0) is 18.5. The molecular formula is C26H30. The van der Waals surface area contributed by atoms with Crippen LogP contribution < -0.4 is 0 Å². The number of rotatable bonds is 7. The van der Waals surface area contributed by atoms with E-state index >= 15 is 0 Å². The fourth-order valence-corrected chi connectivity index (χ4v) is 2.76. The topological polar surface area (TPSA) is 0 Å². The first-order valence-corrected chi connectivity index (χ1v) is 10.0. The minimum Gasteiger partial charge on any atom is -0.0979 e. The summed E-state index contributed by atoms with van der Waals surface area (Å²) in [5, 5.41) is 0. The Labute approximate surface area is 160 Å². The van der Waals surface area contributed by atoms with Crippen molar-refractivity contribution in [1.29, 1.82) is 0 Å². The van der Waals surface area contributed by atoms with Crippen LogP contribution >= 0.6 is 0 Å². The Kier molecular flexibility index (Phi) is 9.18. The molecule has 2 rings (SSSR count). The summed E-state index contributed by atoms with van der Waals surface area (Å²) in [4.78, 5) is 0. The number of hydrogen-bond acceptors (Lipinski definition) is 0. The zero-order valence-corrected chi connectivity index (χ0v) is 16.3. The molecule has 0 nitrogen and oxygen atoms in total. The van der Waals surface area contributed by atoms with E-state index < -0.39 is 0 Å². The summed E-state index contributed by atoms with van der Waals surface area (Å²) in [6.07, 6.45) is 9.90. The van der Waals surface area contributed by atoms with E-state index in [-0.39, 0.29) is 0 Å². The summed E-state index contributed by atoms with van der Waals surface area (Å²) < 4.78 is 0. The molecule has 0 amide bonds. The van der Waals surface area contributed by atoms with Gasteiger partial charge in [0.2, 0.25) is 0 Å². The minimum atomic E-state index is 0.955. The third kappa shape index (κ3) is 7.63. The van der Waals surface area contributed by atoms with Crippen molar-refractivity contribution < 1.29 is 0 Å². The van der Waals surface area contributed by atoms with E-state index in [0.29, 0.717) is 0 Å². The molecule has 0 heteroatoms. The van der Waals surface area contributed by atoms with Gasteiger partial charge in [-0.25, -0.2) is 0 Å². The molecule has 0 radical (unpaired) electrons. The lowest BCUT2D eigenvalue weighted by Gasteiger charge is -2.01. The van der Waals surface area contributed by atoms with Crippen molar-refractivity contribution in [2.24, 2.45) is 0 Å². The quantitative estimate of drug-likeness (QED) is 0.385. The van der Waals surface area contributed by atoms with Crippen molar-refractivity contribution in [2.45, 2.75) is 65.2 Å². The highest BCUT2D eigenvalue weighted by atomic mass is 14.0. The molecule has 0 saturated heterocycles. The second-order valence-corrected chi connectivity index (χ2v) is 6.74. The maximum Gasteiger partial charge on any atom is 0.0249 e. The minimum absolute atomic E-state index is 0.955. The molecule has 0 aromatic heterocycles. The predicted octanol–water partition coefficient (Wildman–Crippen LogP) is 6.75. The van der Waals surface area contributed by atoms with Crippen molar-refractivity contribution in [3.63, 3.8) is 0 Å². The molecule has 2 aromatic rings. The number of aryl methyl sites for hydroxylation is 1. The maximum absolute atomic E-state index is 3.26. The van der Waals surface area contributed by atoms with Crippen LogP contribution in [0.1, 0.15) is 81.0 Å². The SMILES string of the molecule is CCCC#Cc1ccc(C#Cc2ccc(CCCCCCC)cc2)cc1. The van der Waals surface area contributed by atoms with Crippen molar-refractivity contribution in [3.05, 3.63) is 70.8 Å². The summed E-state index contributed by atoms with van der Waals surface area (Å²) in [7, 11) is 0. The summed E-state index contributed by atoms with van der Waals surface area (Å²) in [5.74, 6) is 12.9. The van der Waals surface area contributed by atoms with Crippen LogP contribution in [0.5, 0.6) is 0 Å². The van der Waals surface area contributed by atoms with Gasteiger partial charge in [0, 0.05) is 23.1 Å². The largest absolute Gasteiger partial charge is 0.0979 e. The molecule has 0 aliphatic heterocycles. The van der Waals surface area contributed by atoms with E-state index in [1.807, 2.05) is 24.3 Å². The number of hydrogen-bond donors (Lipinski definition) is 0. The van der Waals surface area contributed by atoms with Crippen LogP contribution in [-0.2, 0) is 6.42 Å². The Hall–Kier alpha value is -2.44.